The quantitative estimate of drug-likeness (QED) is 0.518. The van der Waals surface area contributed by atoms with Gasteiger partial charge in [0.25, 0.3) is 0 Å². The van der Waals surface area contributed by atoms with E-state index in [4.69, 9.17) is 10.5 Å². The van der Waals surface area contributed by atoms with Gasteiger partial charge in [-0.15, -0.1) is 0 Å². The van der Waals surface area contributed by atoms with E-state index in [-0.39, 0.29) is 6.54 Å². The van der Waals surface area contributed by atoms with Gasteiger partial charge in [0.15, 0.2) is 5.25 Å². The number of unbranched alkanes of at least 4 members (excludes halogenated alkanes) is 2. The van der Waals surface area contributed by atoms with Crippen LogP contribution in [0, 0.1) is 22.7 Å². The maximum absolute atomic E-state index is 11.4. The molecule has 0 saturated carbocycles. The molecule has 84 valence electrons. The molecule has 0 heterocycles. The second kappa shape index (κ2) is 7.22. The molecule has 0 aromatic rings. The molecule has 0 rings (SSSR count). The molecular formula is C9H15N3O2S. The van der Waals surface area contributed by atoms with E-state index in [0.717, 1.165) is 12.8 Å². The Labute approximate surface area is 90.8 Å². The van der Waals surface area contributed by atoms with Crippen molar-refractivity contribution in [1.82, 2.24) is 4.72 Å². The van der Waals surface area contributed by atoms with Gasteiger partial charge in [0.05, 0.1) is 18.7 Å². The molecule has 5 nitrogen and oxygen atoms in total. The number of sulfonamides is 1. The van der Waals surface area contributed by atoms with Crippen molar-refractivity contribution in [3.05, 3.63) is 0 Å². The van der Waals surface area contributed by atoms with Crippen LogP contribution in [0.5, 0.6) is 0 Å². The third-order valence-corrected chi connectivity index (χ3v) is 3.58. The number of nitrogens with one attached hydrogen (secondary N) is 1. The second-order valence-electron chi connectivity index (χ2n) is 3.14. The lowest BCUT2D eigenvalue weighted by Gasteiger charge is -2.09. The fourth-order valence-corrected chi connectivity index (χ4v) is 2.18. The van der Waals surface area contributed by atoms with E-state index in [0.29, 0.717) is 12.8 Å². The summed E-state index contributed by atoms with van der Waals surface area (Å²) in [5.41, 5.74) is 0. The van der Waals surface area contributed by atoms with E-state index in [9.17, 15) is 8.42 Å². The molecule has 15 heavy (non-hydrogen) atoms. The van der Waals surface area contributed by atoms with Crippen molar-refractivity contribution in [2.75, 3.05) is 6.54 Å². The number of nitrogens with zero attached hydrogens (tertiary/aromatic N) is 2. The molecule has 0 saturated heterocycles. The fourth-order valence-electron chi connectivity index (χ4n) is 1.10. The van der Waals surface area contributed by atoms with Gasteiger partial charge in [-0.2, -0.15) is 15.2 Å². The average Bonchev–Trinajstić information content (AvgIpc) is 2.21. The van der Waals surface area contributed by atoms with Crippen LogP contribution in [0.25, 0.3) is 0 Å². The normalized spacial score (nSPS) is 12.7. The summed E-state index contributed by atoms with van der Waals surface area (Å²) in [6.45, 7) is 1.72. The maximum Gasteiger partial charge on any atom is 0.228 e. The molecule has 0 aromatic heterocycles. The molecule has 0 radical (unpaired) electrons. The molecule has 1 unspecified atom stereocenters. The molecular weight excluding hydrogens is 214 g/mol. The predicted octanol–water partition coefficient (Wildman–Crippen LogP) is 0.902. The molecule has 6 heteroatoms. The highest BCUT2D eigenvalue weighted by atomic mass is 32.2. The Balaban J connectivity index is 4.28. The summed E-state index contributed by atoms with van der Waals surface area (Å²) >= 11 is 0. The van der Waals surface area contributed by atoms with Gasteiger partial charge in [0.1, 0.15) is 0 Å². The van der Waals surface area contributed by atoms with Crippen LogP contribution in [-0.2, 0) is 10.0 Å². The highest BCUT2D eigenvalue weighted by molar-refractivity contribution is 7.90. The number of hydrogen-bond acceptors (Lipinski definition) is 4. The van der Waals surface area contributed by atoms with Crippen LogP contribution in [0.1, 0.15) is 32.6 Å². The maximum atomic E-state index is 11.4. The van der Waals surface area contributed by atoms with Gasteiger partial charge >= 0.3 is 0 Å². The van der Waals surface area contributed by atoms with Gasteiger partial charge in [-0.3, -0.25) is 0 Å². The molecule has 0 aliphatic heterocycles. The van der Waals surface area contributed by atoms with E-state index >= 15 is 0 Å². The first kappa shape index (κ1) is 13.9. The molecule has 0 aliphatic carbocycles. The van der Waals surface area contributed by atoms with Crippen molar-refractivity contribution in [2.24, 2.45) is 0 Å². The molecule has 0 fully saturated rings. The monoisotopic (exact) mass is 229 g/mol. The second-order valence-corrected chi connectivity index (χ2v) is 5.09. The van der Waals surface area contributed by atoms with Crippen LogP contribution in [-0.4, -0.2) is 20.2 Å². The van der Waals surface area contributed by atoms with E-state index in [2.05, 4.69) is 4.72 Å². The van der Waals surface area contributed by atoms with Gasteiger partial charge in [-0.1, -0.05) is 26.2 Å². The zero-order valence-corrected chi connectivity index (χ0v) is 9.55. The number of nitriles is 2. The lowest BCUT2D eigenvalue weighted by molar-refractivity contribution is 0.567. The third-order valence-electron chi connectivity index (χ3n) is 1.94. The first-order chi connectivity index (χ1) is 7.08. The smallest absolute Gasteiger partial charge is 0.211 e. The van der Waals surface area contributed by atoms with Gasteiger partial charge in [-0.05, 0) is 6.42 Å². The van der Waals surface area contributed by atoms with Crippen LogP contribution < -0.4 is 4.72 Å². The lowest BCUT2D eigenvalue weighted by Crippen LogP contribution is -2.33. The largest absolute Gasteiger partial charge is 0.228 e. The molecule has 0 amide bonds. The Morgan fingerprint density at radius 1 is 1.33 bits per heavy atom. The number of rotatable bonds is 7. The summed E-state index contributed by atoms with van der Waals surface area (Å²) in [7, 11) is -3.65. The molecule has 0 spiro atoms. The summed E-state index contributed by atoms with van der Waals surface area (Å²) in [6.07, 6.45) is 2.92. The zero-order chi connectivity index (χ0) is 11.7. The Kier molecular flexibility index (Phi) is 6.68. The van der Waals surface area contributed by atoms with Crippen LogP contribution in [0.15, 0.2) is 0 Å². The van der Waals surface area contributed by atoms with E-state index < -0.39 is 15.3 Å². The summed E-state index contributed by atoms with van der Waals surface area (Å²) < 4.78 is 24.9. The highest BCUT2D eigenvalue weighted by Gasteiger charge is 2.23. The summed E-state index contributed by atoms with van der Waals surface area (Å²) in [6, 6.07) is 3.42. The van der Waals surface area contributed by atoms with Crippen LogP contribution in [0.4, 0.5) is 0 Å². The lowest BCUT2D eigenvalue weighted by atomic mass is 10.2. The van der Waals surface area contributed by atoms with Gasteiger partial charge in [0.2, 0.25) is 10.0 Å². The van der Waals surface area contributed by atoms with Gasteiger partial charge in [0, 0.05) is 0 Å². The zero-order valence-electron chi connectivity index (χ0n) is 8.73. The van der Waals surface area contributed by atoms with Crippen molar-refractivity contribution in [1.29, 1.82) is 10.5 Å². The summed E-state index contributed by atoms with van der Waals surface area (Å²) in [5.74, 6) is 0. The van der Waals surface area contributed by atoms with Gasteiger partial charge in [-0.25, -0.2) is 8.42 Å². The standard InChI is InChI=1S/C9H15N3O2S/c1-2-3-4-5-9(8-11)15(13,14)12-7-6-10/h9,12H,2-5,7H2,1H3. The minimum atomic E-state index is -3.65. The topological polar surface area (TPSA) is 93.8 Å². The van der Waals surface area contributed by atoms with Crippen molar-refractivity contribution >= 4 is 10.0 Å². The SMILES string of the molecule is CCCCCC(C#N)S(=O)(=O)NCC#N. The van der Waals surface area contributed by atoms with Crippen LogP contribution >= 0.6 is 0 Å². The molecule has 0 aromatic carbocycles. The minimum Gasteiger partial charge on any atom is -0.211 e. The minimum absolute atomic E-state index is 0.283. The summed E-state index contributed by atoms with van der Waals surface area (Å²) in [4.78, 5) is 0. The summed E-state index contributed by atoms with van der Waals surface area (Å²) in [5, 5.41) is 15.9. The van der Waals surface area contributed by atoms with E-state index in [1.54, 1.807) is 12.1 Å². The highest BCUT2D eigenvalue weighted by Crippen LogP contribution is 2.09. The van der Waals surface area contributed by atoms with Crippen LogP contribution in [0.3, 0.4) is 0 Å². The predicted molar refractivity (Wildman–Crippen MR) is 56.1 cm³/mol. The van der Waals surface area contributed by atoms with E-state index in [1.807, 2.05) is 6.92 Å². The first-order valence-corrected chi connectivity index (χ1v) is 6.38. The van der Waals surface area contributed by atoms with Crippen LogP contribution in [0.2, 0.25) is 0 Å². The number of hydrogen-bond donors (Lipinski definition) is 1. The average molecular weight is 229 g/mol. The third kappa shape index (κ3) is 5.36. The van der Waals surface area contributed by atoms with Crippen molar-refractivity contribution in [3.8, 4) is 12.1 Å². The van der Waals surface area contributed by atoms with E-state index in [1.165, 1.54) is 0 Å². The molecule has 0 bridgehead atoms. The Hall–Kier alpha value is -1.11. The molecule has 1 atom stereocenters. The molecule has 0 aliphatic rings. The Morgan fingerprint density at radius 2 is 2.00 bits per heavy atom. The van der Waals surface area contributed by atoms with Crippen molar-refractivity contribution in [3.63, 3.8) is 0 Å². The Morgan fingerprint density at radius 3 is 2.47 bits per heavy atom. The fraction of sp³-hybridized carbons (Fsp3) is 0.778. The van der Waals surface area contributed by atoms with Gasteiger partial charge < -0.3 is 0 Å². The van der Waals surface area contributed by atoms with Crippen molar-refractivity contribution in [2.45, 2.75) is 37.9 Å². The molecule has 1 N–H and O–H groups in total. The van der Waals surface area contributed by atoms with Crippen molar-refractivity contribution < 1.29 is 8.42 Å². The Bertz CT molecular complexity index is 351. The first-order valence-electron chi connectivity index (χ1n) is 4.83.